The Labute approximate surface area is 136 Å². The molecule has 0 amide bonds. The van der Waals surface area contributed by atoms with Crippen LogP contribution in [0.1, 0.15) is 37.8 Å². The van der Waals surface area contributed by atoms with E-state index in [-0.39, 0.29) is 0 Å². The largest absolute Gasteiger partial charge is 0.310 e. The zero-order chi connectivity index (χ0) is 15.6. The zero-order valence-corrected chi connectivity index (χ0v) is 15.2. The van der Waals surface area contributed by atoms with Crippen molar-refractivity contribution >= 4 is 26.0 Å². The molecule has 1 fully saturated rings. The highest BCUT2D eigenvalue weighted by molar-refractivity contribution is 9.10. The van der Waals surface area contributed by atoms with Gasteiger partial charge in [0.25, 0.3) is 0 Å². The fourth-order valence-electron chi connectivity index (χ4n) is 2.33. The Hall–Kier alpha value is -0.430. The average Bonchev–Trinajstić information content (AvgIpc) is 3.25. The minimum Gasteiger partial charge on any atom is -0.310 e. The highest BCUT2D eigenvalue weighted by Crippen LogP contribution is 2.28. The van der Waals surface area contributed by atoms with Gasteiger partial charge in [-0.15, -0.1) is 0 Å². The molecule has 2 rings (SSSR count). The molecule has 0 heterocycles. The molecular formula is C15H23BrN2O2S. The molecule has 1 saturated carbocycles. The molecule has 1 aliphatic carbocycles. The van der Waals surface area contributed by atoms with E-state index >= 15 is 0 Å². The van der Waals surface area contributed by atoms with E-state index < -0.39 is 10.0 Å². The Morgan fingerprint density at radius 1 is 1.29 bits per heavy atom. The van der Waals surface area contributed by atoms with Gasteiger partial charge in [0.2, 0.25) is 10.0 Å². The normalized spacial score (nSPS) is 15.7. The maximum Gasteiger partial charge on any atom is 0.243 e. The summed E-state index contributed by atoms with van der Waals surface area (Å²) in [5.41, 5.74) is 1.78. The van der Waals surface area contributed by atoms with Crippen LogP contribution in [0.15, 0.2) is 21.5 Å². The van der Waals surface area contributed by atoms with Crippen molar-refractivity contribution in [2.45, 2.75) is 51.1 Å². The van der Waals surface area contributed by atoms with Crippen LogP contribution in [-0.4, -0.2) is 31.9 Å². The molecule has 0 atom stereocenters. The lowest BCUT2D eigenvalue weighted by atomic mass is 10.1. The van der Waals surface area contributed by atoms with Gasteiger partial charge in [0.15, 0.2) is 0 Å². The first kappa shape index (κ1) is 16.9. The Morgan fingerprint density at radius 2 is 1.90 bits per heavy atom. The van der Waals surface area contributed by atoms with Crippen LogP contribution in [-0.2, 0) is 16.6 Å². The van der Waals surface area contributed by atoms with Gasteiger partial charge in [-0.1, -0.05) is 29.8 Å². The molecule has 1 aromatic rings. The van der Waals surface area contributed by atoms with Gasteiger partial charge >= 0.3 is 0 Å². The number of hydrogen-bond acceptors (Lipinski definition) is 3. The lowest BCUT2D eigenvalue weighted by Gasteiger charge is -2.21. The van der Waals surface area contributed by atoms with Gasteiger partial charge in [-0.05, 0) is 43.0 Å². The van der Waals surface area contributed by atoms with E-state index in [9.17, 15) is 8.42 Å². The van der Waals surface area contributed by atoms with Gasteiger partial charge in [0.05, 0.1) is 4.90 Å². The van der Waals surface area contributed by atoms with Crippen molar-refractivity contribution in [3.8, 4) is 0 Å². The van der Waals surface area contributed by atoms with Crippen LogP contribution in [0.3, 0.4) is 0 Å². The maximum absolute atomic E-state index is 12.8. The summed E-state index contributed by atoms with van der Waals surface area (Å²) in [4.78, 5) is 0.410. The fraction of sp³-hybridized carbons (Fsp3) is 0.600. The van der Waals surface area contributed by atoms with Crippen molar-refractivity contribution in [2.75, 3.05) is 13.1 Å². The summed E-state index contributed by atoms with van der Waals surface area (Å²) >= 11 is 3.49. The summed E-state index contributed by atoms with van der Waals surface area (Å²) < 4.78 is 27.9. The first-order valence-electron chi connectivity index (χ1n) is 7.42. The van der Waals surface area contributed by atoms with Crippen molar-refractivity contribution in [1.29, 1.82) is 0 Å². The Balaban J connectivity index is 2.36. The summed E-state index contributed by atoms with van der Waals surface area (Å²) in [5.74, 6) is 0. The predicted molar refractivity (Wildman–Crippen MR) is 88.8 cm³/mol. The Kier molecular flexibility index (Phi) is 5.46. The van der Waals surface area contributed by atoms with E-state index in [2.05, 4.69) is 21.2 Å². The third-order valence-electron chi connectivity index (χ3n) is 3.85. The van der Waals surface area contributed by atoms with E-state index in [0.29, 0.717) is 30.6 Å². The summed E-state index contributed by atoms with van der Waals surface area (Å²) in [5, 5.41) is 3.43. The molecule has 21 heavy (non-hydrogen) atoms. The highest BCUT2D eigenvalue weighted by atomic mass is 79.9. The number of halogens is 1. The molecule has 1 N–H and O–H groups in total. The molecule has 0 bridgehead atoms. The molecule has 0 saturated heterocycles. The Morgan fingerprint density at radius 3 is 2.43 bits per heavy atom. The van der Waals surface area contributed by atoms with Gasteiger partial charge in [0.1, 0.15) is 0 Å². The summed E-state index contributed by atoms with van der Waals surface area (Å²) in [6.07, 6.45) is 2.44. The molecule has 1 aromatic carbocycles. The molecule has 0 aromatic heterocycles. The molecule has 4 nitrogen and oxygen atoms in total. The molecule has 0 unspecified atom stereocenters. The highest BCUT2D eigenvalue weighted by Gasteiger charge is 2.25. The number of rotatable bonds is 7. The maximum atomic E-state index is 12.8. The molecule has 0 radical (unpaired) electrons. The van der Waals surface area contributed by atoms with E-state index in [1.165, 1.54) is 17.1 Å². The lowest BCUT2D eigenvalue weighted by Crippen LogP contribution is -2.31. The minimum atomic E-state index is -3.42. The van der Waals surface area contributed by atoms with Crippen molar-refractivity contribution in [1.82, 2.24) is 9.62 Å². The van der Waals surface area contributed by atoms with E-state index in [1.807, 2.05) is 32.9 Å². The standard InChI is InChI=1S/C15H23BrN2O2S/c1-4-18(5-2)21(19,20)15-9-12(8-14(16)11(15)3)10-17-13-6-7-13/h8-9,13,17H,4-7,10H2,1-3H3. The predicted octanol–water partition coefficient (Wildman–Crippen LogP) is 3.04. The van der Waals surface area contributed by atoms with E-state index in [4.69, 9.17) is 0 Å². The Bertz CT molecular complexity index is 608. The summed E-state index contributed by atoms with van der Waals surface area (Å²) in [6, 6.07) is 4.42. The fourth-order valence-corrected chi connectivity index (χ4v) is 4.72. The van der Waals surface area contributed by atoms with Crippen LogP contribution in [0.25, 0.3) is 0 Å². The summed E-state index contributed by atoms with van der Waals surface area (Å²) in [6.45, 7) is 7.26. The average molecular weight is 375 g/mol. The number of nitrogens with one attached hydrogen (secondary N) is 1. The third-order valence-corrected chi connectivity index (χ3v) is 6.85. The van der Waals surface area contributed by atoms with Crippen LogP contribution in [0, 0.1) is 6.92 Å². The van der Waals surface area contributed by atoms with Crippen molar-refractivity contribution in [3.63, 3.8) is 0 Å². The smallest absolute Gasteiger partial charge is 0.243 e. The molecule has 118 valence electrons. The van der Waals surface area contributed by atoms with Crippen LogP contribution in [0.5, 0.6) is 0 Å². The molecule has 1 aliphatic rings. The number of benzene rings is 1. The van der Waals surface area contributed by atoms with Crippen LogP contribution in [0.2, 0.25) is 0 Å². The van der Waals surface area contributed by atoms with Crippen molar-refractivity contribution < 1.29 is 8.42 Å². The monoisotopic (exact) mass is 374 g/mol. The van der Waals surface area contributed by atoms with Gasteiger partial charge in [0, 0.05) is 30.1 Å². The number of hydrogen-bond donors (Lipinski definition) is 1. The number of sulfonamides is 1. The first-order valence-corrected chi connectivity index (χ1v) is 9.66. The van der Waals surface area contributed by atoms with Gasteiger partial charge < -0.3 is 5.32 Å². The number of nitrogens with zero attached hydrogens (tertiary/aromatic N) is 1. The van der Waals surface area contributed by atoms with E-state index in [0.717, 1.165) is 15.6 Å². The second-order valence-corrected chi connectivity index (χ2v) is 8.21. The quantitative estimate of drug-likeness (QED) is 0.797. The van der Waals surface area contributed by atoms with Gasteiger partial charge in [-0.3, -0.25) is 0 Å². The first-order chi connectivity index (χ1) is 9.90. The molecular weight excluding hydrogens is 352 g/mol. The second kappa shape index (κ2) is 6.77. The van der Waals surface area contributed by atoms with Crippen molar-refractivity contribution in [3.05, 3.63) is 27.7 Å². The zero-order valence-electron chi connectivity index (χ0n) is 12.8. The minimum absolute atomic E-state index is 0.410. The van der Waals surface area contributed by atoms with E-state index in [1.54, 1.807) is 0 Å². The van der Waals surface area contributed by atoms with Crippen LogP contribution in [0.4, 0.5) is 0 Å². The third kappa shape index (κ3) is 3.86. The van der Waals surface area contributed by atoms with Crippen LogP contribution < -0.4 is 5.32 Å². The topological polar surface area (TPSA) is 49.4 Å². The van der Waals surface area contributed by atoms with Gasteiger partial charge in [-0.2, -0.15) is 4.31 Å². The summed E-state index contributed by atoms with van der Waals surface area (Å²) in [7, 11) is -3.42. The van der Waals surface area contributed by atoms with Gasteiger partial charge in [-0.25, -0.2) is 8.42 Å². The van der Waals surface area contributed by atoms with Crippen LogP contribution >= 0.6 is 15.9 Å². The SMILES string of the molecule is CCN(CC)S(=O)(=O)c1cc(CNC2CC2)cc(Br)c1C. The lowest BCUT2D eigenvalue weighted by molar-refractivity contribution is 0.444. The molecule has 0 spiro atoms. The second-order valence-electron chi connectivity index (χ2n) is 5.45. The molecule has 0 aliphatic heterocycles. The van der Waals surface area contributed by atoms with Crippen molar-refractivity contribution in [2.24, 2.45) is 0 Å². The molecule has 6 heteroatoms.